The molecule has 21 heavy (non-hydrogen) atoms. The number of rotatable bonds is 9. The van der Waals surface area contributed by atoms with Crippen molar-refractivity contribution < 1.29 is 13.7 Å². The molecule has 0 rings (SSSR count). The van der Waals surface area contributed by atoms with Crippen molar-refractivity contribution in [2.45, 2.75) is 46.6 Å². The van der Waals surface area contributed by atoms with E-state index in [0.717, 1.165) is 25.3 Å². The molecule has 0 radical (unpaired) electrons. The maximum atomic E-state index is 11.6. The molecular formula is C15H32N2O3S. The van der Waals surface area contributed by atoms with Crippen molar-refractivity contribution in [3.8, 4) is 0 Å². The van der Waals surface area contributed by atoms with Gasteiger partial charge in [-0.3, -0.25) is 4.21 Å². The lowest BCUT2D eigenvalue weighted by atomic mass is 9.96. The van der Waals surface area contributed by atoms with E-state index < -0.39 is 16.4 Å². The number of ether oxygens (including phenoxy) is 1. The van der Waals surface area contributed by atoms with Crippen molar-refractivity contribution >= 4 is 16.9 Å². The second-order valence-corrected chi connectivity index (χ2v) is 8.28. The Morgan fingerprint density at radius 1 is 1.24 bits per heavy atom. The average molecular weight is 320 g/mol. The lowest BCUT2D eigenvalue weighted by Crippen LogP contribution is -2.39. The standard InChI is InChI=1S/C15H32N2O3S/c1-12(2)13(10-16-8-7-9-21(6)19)11-17-14(18)20-15(3,4)5/h12-13,16H,7-11H2,1-6H3,(H,17,18). The van der Waals surface area contributed by atoms with Gasteiger partial charge in [-0.15, -0.1) is 0 Å². The number of carbonyl (C=O) groups is 1. The first-order valence-corrected chi connectivity index (χ1v) is 9.32. The van der Waals surface area contributed by atoms with Crippen molar-refractivity contribution in [3.63, 3.8) is 0 Å². The van der Waals surface area contributed by atoms with Crippen LogP contribution in [0.1, 0.15) is 41.0 Å². The largest absolute Gasteiger partial charge is 0.444 e. The Balaban J connectivity index is 3.97. The topological polar surface area (TPSA) is 67.4 Å². The normalized spacial score (nSPS) is 14.8. The van der Waals surface area contributed by atoms with E-state index in [9.17, 15) is 9.00 Å². The summed E-state index contributed by atoms with van der Waals surface area (Å²) in [5.74, 6) is 1.55. The molecule has 0 aromatic rings. The Morgan fingerprint density at radius 3 is 2.33 bits per heavy atom. The lowest BCUT2D eigenvalue weighted by molar-refractivity contribution is 0.0515. The molecule has 0 spiro atoms. The Morgan fingerprint density at radius 2 is 1.86 bits per heavy atom. The fourth-order valence-corrected chi connectivity index (χ4v) is 2.31. The van der Waals surface area contributed by atoms with E-state index in [0.29, 0.717) is 18.4 Å². The van der Waals surface area contributed by atoms with E-state index in [1.165, 1.54) is 0 Å². The van der Waals surface area contributed by atoms with Gasteiger partial charge in [0.25, 0.3) is 0 Å². The quantitative estimate of drug-likeness (QED) is 0.639. The van der Waals surface area contributed by atoms with Crippen LogP contribution in [0.4, 0.5) is 4.79 Å². The van der Waals surface area contributed by atoms with Crippen LogP contribution < -0.4 is 10.6 Å². The number of hydrogen-bond acceptors (Lipinski definition) is 4. The number of alkyl carbamates (subject to hydrolysis) is 1. The highest BCUT2D eigenvalue weighted by molar-refractivity contribution is 7.84. The van der Waals surface area contributed by atoms with E-state index in [1.54, 1.807) is 6.26 Å². The molecule has 0 aromatic carbocycles. The molecule has 1 amide bonds. The van der Waals surface area contributed by atoms with Crippen LogP contribution in [-0.2, 0) is 15.5 Å². The van der Waals surface area contributed by atoms with Crippen molar-refractivity contribution in [2.24, 2.45) is 11.8 Å². The Bertz CT molecular complexity index is 327. The van der Waals surface area contributed by atoms with Crippen molar-refractivity contribution in [1.29, 1.82) is 0 Å². The first-order chi connectivity index (χ1) is 9.61. The fourth-order valence-electron chi connectivity index (χ4n) is 1.76. The van der Waals surface area contributed by atoms with Crippen LogP contribution in [-0.4, -0.2) is 47.5 Å². The van der Waals surface area contributed by atoms with Gasteiger partial charge in [0.15, 0.2) is 0 Å². The molecule has 6 heteroatoms. The minimum absolute atomic E-state index is 0.352. The molecule has 0 aliphatic heterocycles. The minimum atomic E-state index is -0.722. The summed E-state index contributed by atoms with van der Waals surface area (Å²) in [4.78, 5) is 11.6. The summed E-state index contributed by atoms with van der Waals surface area (Å²) in [5.41, 5.74) is -0.467. The Hall–Kier alpha value is -0.620. The smallest absolute Gasteiger partial charge is 0.407 e. The zero-order valence-electron chi connectivity index (χ0n) is 14.3. The molecule has 0 aliphatic carbocycles. The Kier molecular flexibility index (Phi) is 9.86. The summed E-state index contributed by atoms with van der Waals surface area (Å²) in [7, 11) is -0.722. The zero-order chi connectivity index (χ0) is 16.5. The van der Waals surface area contributed by atoms with E-state index in [-0.39, 0.29) is 6.09 Å². The van der Waals surface area contributed by atoms with Crippen LogP contribution in [0.25, 0.3) is 0 Å². The highest BCUT2D eigenvalue weighted by Gasteiger charge is 2.18. The van der Waals surface area contributed by atoms with E-state index in [1.807, 2.05) is 20.8 Å². The molecule has 2 N–H and O–H groups in total. The maximum absolute atomic E-state index is 11.6. The molecule has 5 nitrogen and oxygen atoms in total. The fraction of sp³-hybridized carbons (Fsp3) is 0.933. The molecule has 126 valence electrons. The highest BCUT2D eigenvalue weighted by atomic mass is 32.2. The molecule has 0 bridgehead atoms. The predicted octanol–water partition coefficient (Wildman–Crippen LogP) is 2.14. The van der Waals surface area contributed by atoms with Crippen molar-refractivity contribution in [3.05, 3.63) is 0 Å². The summed E-state index contributed by atoms with van der Waals surface area (Å²) in [6.45, 7) is 12.1. The molecule has 0 aromatic heterocycles. The van der Waals surface area contributed by atoms with Gasteiger partial charge < -0.3 is 15.4 Å². The van der Waals surface area contributed by atoms with Gasteiger partial charge in [0.1, 0.15) is 5.60 Å². The number of nitrogens with one attached hydrogen (secondary N) is 2. The lowest BCUT2D eigenvalue weighted by Gasteiger charge is -2.24. The Labute approximate surface area is 132 Å². The molecule has 0 heterocycles. The number of hydrogen-bond donors (Lipinski definition) is 2. The van der Waals surface area contributed by atoms with Gasteiger partial charge in [-0.1, -0.05) is 13.8 Å². The van der Waals surface area contributed by atoms with Gasteiger partial charge in [0.2, 0.25) is 0 Å². The predicted molar refractivity (Wildman–Crippen MR) is 89.0 cm³/mol. The highest BCUT2D eigenvalue weighted by Crippen LogP contribution is 2.10. The summed E-state index contributed by atoms with van der Waals surface area (Å²) in [6, 6.07) is 0. The van der Waals surface area contributed by atoms with Crippen LogP contribution in [0.15, 0.2) is 0 Å². The van der Waals surface area contributed by atoms with Gasteiger partial charge >= 0.3 is 6.09 Å². The van der Waals surface area contributed by atoms with Crippen LogP contribution in [0.3, 0.4) is 0 Å². The van der Waals surface area contributed by atoms with E-state index >= 15 is 0 Å². The monoisotopic (exact) mass is 320 g/mol. The minimum Gasteiger partial charge on any atom is -0.444 e. The number of amides is 1. The third-order valence-electron chi connectivity index (χ3n) is 3.04. The van der Waals surface area contributed by atoms with Gasteiger partial charge in [-0.2, -0.15) is 0 Å². The summed E-state index contributed by atoms with van der Waals surface area (Å²) in [6.07, 6.45) is 2.27. The van der Waals surface area contributed by atoms with Gasteiger partial charge in [0, 0.05) is 29.4 Å². The van der Waals surface area contributed by atoms with Crippen molar-refractivity contribution in [2.75, 3.05) is 31.6 Å². The maximum Gasteiger partial charge on any atom is 0.407 e. The van der Waals surface area contributed by atoms with Crippen LogP contribution >= 0.6 is 0 Å². The van der Waals surface area contributed by atoms with Crippen LogP contribution in [0.2, 0.25) is 0 Å². The third kappa shape index (κ3) is 12.8. The number of carbonyl (C=O) groups excluding carboxylic acids is 1. The molecule has 0 fully saturated rings. The van der Waals surface area contributed by atoms with Gasteiger partial charge in [-0.05, 0) is 52.1 Å². The molecular weight excluding hydrogens is 288 g/mol. The summed E-state index contributed by atoms with van der Waals surface area (Å²) in [5, 5.41) is 6.20. The van der Waals surface area contributed by atoms with Crippen LogP contribution in [0, 0.1) is 11.8 Å². The average Bonchev–Trinajstić information content (AvgIpc) is 2.29. The molecule has 0 saturated heterocycles. The van der Waals surface area contributed by atoms with Gasteiger partial charge in [-0.25, -0.2) is 4.79 Å². The van der Waals surface area contributed by atoms with Crippen LogP contribution in [0.5, 0.6) is 0 Å². The second-order valence-electron chi connectivity index (χ2n) is 6.72. The van der Waals surface area contributed by atoms with Gasteiger partial charge in [0.05, 0.1) is 0 Å². The van der Waals surface area contributed by atoms with E-state index in [2.05, 4.69) is 24.5 Å². The SMILES string of the molecule is CC(C)C(CNCCCS(C)=O)CNC(=O)OC(C)(C)C. The molecule has 2 unspecified atom stereocenters. The molecule has 0 saturated carbocycles. The summed E-state index contributed by atoms with van der Waals surface area (Å²) < 4.78 is 16.2. The van der Waals surface area contributed by atoms with Crippen molar-refractivity contribution in [1.82, 2.24) is 10.6 Å². The second kappa shape index (κ2) is 10.2. The third-order valence-corrected chi connectivity index (χ3v) is 3.91. The molecule has 2 atom stereocenters. The molecule has 0 aliphatic rings. The first kappa shape index (κ1) is 20.4. The zero-order valence-corrected chi connectivity index (χ0v) is 15.1. The first-order valence-electron chi connectivity index (χ1n) is 7.59. The van der Waals surface area contributed by atoms with E-state index in [4.69, 9.17) is 4.74 Å². The summed E-state index contributed by atoms with van der Waals surface area (Å²) >= 11 is 0.